The van der Waals surface area contributed by atoms with Crippen LogP contribution in [-0.2, 0) is 20.1 Å². The molecular formula is C12H17N5O. The second-order valence-electron chi connectivity index (χ2n) is 4.18. The lowest BCUT2D eigenvalue weighted by atomic mass is 10.2. The highest BCUT2D eigenvalue weighted by atomic mass is 16.1. The van der Waals surface area contributed by atoms with Crippen molar-refractivity contribution in [2.45, 2.75) is 26.9 Å². The first-order valence-electron chi connectivity index (χ1n) is 5.90. The normalized spacial score (nSPS) is 10.6. The first-order valence-corrected chi connectivity index (χ1v) is 5.90. The third-order valence-electron chi connectivity index (χ3n) is 2.78. The molecule has 2 heterocycles. The van der Waals surface area contributed by atoms with Crippen molar-refractivity contribution >= 4 is 5.91 Å². The Morgan fingerprint density at radius 2 is 2.22 bits per heavy atom. The number of nitrogens with one attached hydrogen (secondary N) is 1. The Labute approximate surface area is 106 Å². The van der Waals surface area contributed by atoms with Gasteiger partial charge in [-0.3, -0.25) is 14.2 Å². The molecule has 0 bridgehead atoms. The van der Waals surface area contributed by atoms with Crippen LogP contribution in [0.25, 0.3) is 0 Å². The van der Waals surface area contributed by atoms with E-state index >= 15 is 0 Å². The molecule has 0 aromatic carbocycles. The highest BCUT2D eigenvalue weighted by molar-refractivity contribution is 5.93. The van der Waals surface area contributed by atoms with E-state index in [1.54, 1.807) is 24.1 Å². The first-order chi connectivity index (χ1) is 8.60. The summed E-state index contributed by atoms with van der Waals surface area (Å²) < 4.78 is 3.47. The standard InChI is InChI=1S/C12H17N5O/c1-4-17-8-10(9(2)15-17)5-13-12(18)11-6-14-16(3)7-11/h6-8H,4-5H2,1-3H3,(H,13,18). The fourth-order valence-corrected chi connectivity index (χ4v) is 1.71. The fourth-order valence-electron chi connectivity index (χ4n) is 1.71. The van der Waals surface area contributed by atoms with Crippen molar-refractivity contribution in [3.05, 3.63) is 35.4 Å². The van der Waals surface area contributed by atoms with Gasteiger partial charge in [-0.15, -0.1) is 0 Å². The van der Waals surface area contributed by atoms with Gasteiger partial charge in [-0.2, -0.15) is 10.2 Å². The molecule has 2 rings (SSSR count). The predicted molar refractivity (Wildman–Crippen MR) is 67.0 cm³/mol. The van der Waals surface area contributed by atoms with Gasteiger partial charge in [-0.25, -0.2) is 0 Å². The summed E-state index contributed by atoms with van der Waals surface area (Å²) in [6, 6.07) is 0. The van der Waals surface area contributed by atoms with Gasteiger partial charge >= 0.3 is 0 Å². The number of amides is 1. The molecule has 2 aromatic heterocycles. The van der Waals surface area contributed by atoms with Crippen LogP contribution in [0, 0.1) is 6.92 Å². The summed E-state index contributed by atoms with van der Waals surface area (Å²) in [4.78, 5) is 11.8. The average Bonchev–Trinajstić information content (AvgIpc) is 2.92. The summed E-state index contributed by atoms with van der Waals surface area (Å²) in [5, 5.41) is 11.2. The quantitative estimate of drug-likeness (QED) is 0.872. The van der Waals surface area contributed by atoms with Gasteiger partial charge in [0.2, 0.25) is 0 Å². The van der Waals surface area contributed by atoms with E-state index in [9.17, 15) is 4.79 Å². The third kappa shape index (κ3) is 2.58. The van der Waals surface area contributed by atoms with Gasteiger partial charge in [0.25, 0.3) is 5.91 Å². The van der Waals surface area contributed by atoms with Crippen LogP contribution in [0.2, 0.25) is 0 Å². The molecule has 0 aliphatic carbocycles. The van der Waals surface area contributed by atoms with Crippen LogP contribution in [0.4, 0.5) is 0 Å². The van der Waals surface area contributed by atoms with Gasteiger partial charge in [0.15, 0.2) is 0 Å². The minimum Gasteiger partial charge on any atom is -0.348 e. The fraction of sp³-hybridized carbons (Fsp3) is 0.417. The molecule has 6 heteroatoms. The van der Waals surface area contributed by atoms with E-state index in [4.69, 9.17) is 0 Å². The van der Waals surface area contributed by atoms with Crippen molar-refractivity contribution in [3.63, 3.8) is 0 Å². The van der Waals surface area contributed by atoms with Crippen LogP contribution < -0.4 is 5.32 Å². The molecule has 0 fully saturated rings. The van der Waals surface area contributed by atoms with Crippen molar-refractivity contribution in [3.8, 4) is 0 Å². The summed E-state index contributed by atoms with van der Waals surface area (Å²) in [5.74, 6) is -0.119. The summed E-state index contributed by atoms with van der Waals surface area (Å²) in [7, 11) is 1.78. The number of aryl methyl sites for hydroxylation is 3. The van der Waals surface area contributed by atoms with E-state index in [0.717, 1.165) is 17.8 Å². The summed E-state index contributed by atoms with van der Waals surface area (Å²) in [6.07, 6.45) is 5.20. The van der Waals surface area contributed by atoms with Crippen molar-refractivity contribution < 1.29 is 4.79 Å². The van der Waals surface area contributed by atoms with Crippen LogP contribution >= 0.6 is 0 Å². The lowest BCUT2D eigenvalue weighted by Crippen LogP contribution is -2.22. The molecule has 18 heavy (non-hydrogen) atoms. The van der Waals surface area contributed by atoms with Crippen LogP contribution in [0.5, 0.6) is 0 Å². The van der Waals surface area contributed by atoms with Gasteiger partial charge < -0.3 is 5.32 Å². The number of carbonyl (C=O) groups excluding carboxylic acids is 1. The molecule has 0 unspecified atom stereocenters. The van der Waals surface area contributed by atoms with E-state index in [1.165, 1.54) is 0 Å². The highest BCUT2D eigenvalue weighted by Gasteiger charge is 2.09. The van der Waals surface area contributed by atoms with Crippen molar-refractivity contribution in [1.82, 2.24) is 24.9 Å². The van der Waals surface area contributed by atoms with Crippen LogP contribution in [0.1, 0.15) is 28.5 Å². The van der Waals surface area contributed by atoms with Crippen molar-refractivity contribution in [2.24, 2.45) is 7.05 Å². The molecule has 1 N–H and O–H groups in total. The third-order valence-corrected chi connectivity index (χ3v) is 2.78. The van der Waals surface area contributed by atoms with Crippen molar-refractivity contribution in [2.75, 3.05) is 0 Å². The number of rotatable bonds is 4. The molecule has 6 nitrogen and oxygen atoms in total. The summed E-state index contributed by atoms with van der Waals surface area (Å²) in [5.41, 5.74) is 2.55. The Balaban J connectivity index is 1.99. The number of hydrogen-bond donors (Lipinski definition) is 1. The monoisotopic (exact) mass is 247 g/mol. The number of hydrogen-bond acceptors (Lipinski definition) is 3. The molecule has 0 spiro atoms. The molecule has 0 aliphatic heterocycles. The Hall–Kier alpha value is -2.11. The minimum atomic E-state index is -0.119. The topological polar surface area (TPSA) is 64.7 Å². The molecular weight excluding hydrogens is 230 g/mol. The largest absolute Gasteiger partial charge is 0.348 e. The van der Waals surface area contributed by atoms with Gasteiger partial charge in [-0.1, -0.05) is 0 Å². The zero-order valence-electron chi connectivity index (χ0n) is 10.8. The molecule has 0 saturated carbocycles. The van der Waals surface area contributed by atoms with Crippen LogP contribution in [0.15, 0.2) is 18.6 Å². The van der Waals surface area contributed by atoms with E-state index in [2.05, 4.69) is 15.5 Å². The van der Waals surface area contributed by atoms with E-state index < -0.39 is 0 Å². The Kier molecular flexibility index (Phi) is 3.45. The van der Waals surface area contributed by atoms with Gasteiger partial charge in [-0.05, 0) is 13.8 Å². The number of nitrogens with zero attached hydrogens (tertiary/aromatic N) is 4. The smallest absolute Gasteiger partial charge is 0.254 e. The maximum Gasteiger partial charge on any atom is 0.254 e. The van der Waals surface area contributed by atoms with Gasteiger partial charge in [0.1, 0.15) is 0 Å². The lowest BCUT2D eigenvalue weighted by Gasteiger charge is -2.01. The Morgan fingerprint density at radius 1 is 1.44 bits per heavy atom. The zero-order chi connectivity index (χ0) is 13.1. The van der Waals surface area contributed by atoms with Gasteiger partial charge in [0.05, 0.1) is 17.5 Å². The predicted octanol–water partition coefficient (Wildman–Crippen LogP) is 0.875. The van der Waals surface area contributed by atoms with Crippen molar-refractivity contribution in [1.29, 1.82) is 0 Å². The highest BCUT2D eigenvalue weighted by Crippen LogP contribution is 2.05. The molecule has 0 saturated heterocycles. The molecule has 1 amide bonds. The second kappa shape index (κ2) is 5.03. The summed E-state index contributed by atoms with van der Waals surface area (Å²) in [6.45, 7) is 5.29. The molecule has 0 radical (unpaired) electrons. The average molecular weight is 247 g/mol. The second-order valence-corrected chi connectivity index (χ2v) is 4.18. The SMILES string of the molecule is CCn1cc(CNC(=O)c2cnn(C)c2)c(C)n1. The minimum absolute atomic E-state index is 0.119. The maximum absolute atomic E-state index is 11.8. The molecule has 0 atom stereocenters. The van der Waals surface area contributed by atoms with E-state index in [0.29, 0.717) is 12.1 Å². The molecule has 2 aromatic rings. The first kappa shape index (κ1) is 12.3. The number of carbonyl (C=O) groups is 1. The van der Waals surface area contributed by atoms with Crippen LogP contribution in [-0.4, -0.2) is 25.5 Å². The molecule has 0 aliphatic rings. The lowest BCUT2D eigenvalue weighted by molar-refractivity contribution is 0.0951. The Bertz CT molecular complexity index is 555. The van der Waals surface area contributed by atoms with Gasteiger partial charge in [0, 0.05) is 38.1 Å². The molecule has 96 valence electrons. The number of aromatic nitrogens is 4. The van der Waals surface area contributed by atoms with E-state index in [1.807, 2.05) is 24.7 Å². The van der Waals surface area contributed by atoms with Crippen LogP contribution in [0.3, 0.4) is 0 Å². The summed E-state index contributed by atoms with van der Waals surface area (Å²) >= 11 is 0. The zero-order valence-corrected chi connectivity index (χ0v) is 10.8. The Morgan fingerprint density at radius 3 is 2.78 bits per heavy atom. The van der Waals surface area contributed by atoms with E-state index in [-0.39, 0.29) is 5.91 Å². The maximum atomic E-state index is 11.8.